The lowest BCUT2D eigenvalue weighted by Gasteiger charge is -2.03. The average Bonchev–Trinajstić information content (AvgIpc) is 2.78. The fraction of sp³-hybridized carbons (Fsp3) is 0.167. The van der Waals surface area contributed by atoms with E-state index < -0.39 is 17.6 Å². The van der Waals surface area contributed by atoms with Crippen molar-refractivity contribution in [3.05, 3.63) is 41.1 Å². The van der Waals surface area contributed by atoms with Gasteiger partial charge in [0.15, 0.2) is 11.5 Å². The largest absolute Gasteiger partial charge is 0.476 e. The third-order valence-corrected chi connectivity index (χ3v) is 2.51. The standard InChI is InChI=1S/C12H9F2NO3/c1-2-6-3-7(9(14)4-8(6)13)11-5-10(12(16)17)15-18-11/h3-5H,2H2,1H3,(H,16,17). The van der Waals surface area contributed by atoms with Crippen LogP contribution in [0.2, 0.25) is 0 Å². The summed E-state index contributed by atoms with van der Waals surface area (Å²) >= 11 is 0. The molecule has 18 heavy (non-hydrogen) atoms. The van der Waals surface area contributed by atoms with Gasteiger partial charge in [-0.2, -0.15) is 0 Å². The predicted octanol–water partition coefficient (Wildman–Crippen LogP) is 2.88. The molecule has 1 N–H and O–H groups in total. The zero-order valence-corrected chi connectivity index (χ0v) is 9.41. The molecule has 0 saturated heterocycles. The Balaban J connectivity index is 2.52. The van der Waals surface area contributed by atoms with E-state index in [4.69, 9.17) is 9.63 Å². The van der Waals surface area contributed by atoms with Gasteiger partial charge in [0.25, 0.3) is 0 Å². The van der Waals surface area contributed by atoms with Crippen molar-refractivity contribution in [1.82, 2.24) is 5.16 Å². The molecule has 2 aromatic rings. The summed E-state index contributed by atoms with van der Waals surface area (Å²) in [6.07, 6.45) is 0.388. The number of aromatic nitrogens is 1. The summed E-state index contributed by atoms with van der Waals surface area (Å²) in [4.78, 5) is 10.6. The highest BCUT2D eigenvalue weighted by molar-refractivity contribution is 5.86. The predicted molar refractivity (Wildman–Crippen MR) is 58.2 cm³/mol. The van der Waals surface area contributed by atoms with Crippen molar-refractivity contribution in [2.24, 2.45) is 0 Å². The Labute approximate surface area is 101 Å². The van der Waals surface area contributed by atoms with Gasteiger partial charge in [-0.05, 0) is 18.1 Å². The van der Waals surface area contributed by atoms with Crippen molar-refractivity contribution in [3.8, 4) is 11.3 Å². The maximum absolute atomic E-state index is 13.6. The Morgan fingerprint density at radius 1 is 1.33 bits per heavy atom. The van der Waals surface area contributed by atoms with Gasteiger partial charge in [-0.25, -0.2) is 13.6 Å². The average molecular weight is 253 g/mol. The van der Waals surface area contributed by atoms with Crippen LogP contribution in [0.1, 0.15) is 23.0 Å². The molecule has 0 fully saturated rings. The Bertz CT molecular complexity index is 607. The van der Waals surface area contributed by atoms with Crippen LogP contribution >= 0.6 is 0 Å². The van der Waals surface area contributed by atoms with Crippen molar-refractivity contribution in [2.75, 3.05) is 0 Å². The summed E-state index contributed by atoms with van der Waals surface area (Å²) < 4.78 is 31.6. The smallest absolute Gasteiger partial charge is 0.358 e. The molecular formula is C12H9F2NO3. The minimum atomic E-state index is -1.27. The van der Waals surface area contributed by atoms with E-state index in [2.05, 4.69) is 5.16 Å². The van der Waals surface area contributed by atoms with Crippen molar-refractivity contribution in [3.63, 3.8) is 0 Å². The number of carbonyl (C=O) groups is 1. The number of carboxylic acids is 1. The topological polar surface area (TPSA) is 63.3 Å². The zero-order chi connectivity index (χ0) is 13.3. The molecule has 0 unspecified atom stereocenters. The summed E-state index contributed by atoms with van der Waals surface area (Å²) in [6.45, 7) is 1.73. The van der Waals surface area contributed by atoms with Gasteiger partial charge in [-0.1, -0.05) is 12.1 Å². The quantitative estimate of drug-likeness (QED) is 0.913. The molecule has 0 aliphatic carbocycles. The zero-order valence-electron chi connectivity index (χ0n) is 9.41. The summed E-state index contributed by atoms with van der Waals surface area (Å²) in [5.41, 5.74) is -0.0142. The molecule has 0 spiro atoms. The summed E-state index contributed by atoms with van der Waals surface area (Å²) in [6, 6.07) is 3.13. The third-order valence-electron chi connectivity index (χ3n) is 2.51. The van der Waals surface area contributed by atoms with E-state index in [1.807, 2.05) is 0 Å². The van der Waals surface area contributed by atoms with Gasteiger partial charge in [0.1, 0.15) is 11.6 Å². The monoisotopic (exact) mass is 253 g/mol. The van der Waals surface area contributed by atoms with Gasteiger partial charge in [0, 0.05) is 12.1 Å². The van der Waals surface area contributed by atoms with Gasteiger partial charge in [0.2, 0.25) is 0 Å². The van der Waals surface area contributed by atoms with Crippen LogP contribution in [0.3, 0.4) is 0 Å². The second-order valence-electron chi connectivity index (χ2n) is 3.66. The molecule has 0 atom stereocenters. The van der Waals surface area contributed by atoms with Gasteiger partial charge >= 0.3 is 5.97 Å². The van der Waals surface area contributed by atoms with Gasteiger partial charge in [0.05, 0.1) is 5.56 Å². The van der Waals surface area contributed by atoms with Crippen molar-refractivity contribution >= 4 is 5.97 Å². The number of carboxylic acid groups (broad SMARTS) is 1. The number of aromatic carboxylic acids is 1. The molecule has 1 aromatic heterocycles. The maximum Gasteiger partial charge on any atom is 0.358 e. The third kappa shape index (κ3) is 2.09. The van der Waals surface area contributed by atoms with E-state index in [9.17, 15) is 13.6 Å². The SMILES string of the molecule is CCc1cc(-c2cc(C(=O)O)no2)c(F)cc1F. The van der Waals surface area contributed by atoms with Crippen LogP contribution in [-0.2, 0) is 6.42 Å². The summed E-state index contributed by atoms with van der Waals surface area (Å²) in [5, 5.41) is 12.0. The lowest BCUT2D eigenvalue weighted by molar-refractivity contribution is 0.0686. The highest BCUT2D eigenvalue weighted by Gasteiger charge is 2.17. The van der Waals surface area contributed by atoms with E-state index in [1.54, 1.807) is 6.92 Å². The van der Waals surface area contributed by atoms with Crippen LogP contribution in [0.4, 0.5) is 8.78 Å². The number of hydrogen-bond donors (Lipinski definition) is 1. The summed E-state index contributed by atoms with van der Waals surface area (Å²) in [5.74, 6) is -2.78. The Hall–Kier alpha value is -2.24. The van der Waals surface area contributed by atoms with E-state index in [0.717, 1.165) is 12.1 Å². The molecular weight excluding hydrogens is 244 g/mol. The first kappa shape index (κ1) is 12.2. The van der Waals surface area contributed by atoms with E-state index in [-0.39, 0.29) is 17.0 Å². The second-order valence-corrected chi connectivity index (χ2v) is 3.66. The molecule has 1 aromatic carbocycles. The molecule has 2 rings (SSSR count). The van der Waals surface area contributed by atoms with Gasteiger partial charge in [-0.3, -0.25) is 0 Å². The van der Waals surface area contributed by atoms with Crippen LogP contribution < -0.4 is 0 Å². The minimum absolute atomic E-state index is 0.00625. The fourth-order valence-electron chi connectivity index (χ4n) is 1.56. The number of aryl methyl sites for hydroxylation is 1. The van der Waals surface area contributed by atoms with Crippen LogP contribution in [0, 0.1) is 11.6 Å². The highest BCUT2D eigenvalue weighted by atomic mass is 19.1. The molecule has 0 amide bonds. The molecule has 0 aliphatic rings. The first-order valence-corrected chi connectivity index (χ1v) is 5.21. The van der Waals surface area contributed by atoms with E-state index in [0.29, 0.717) is 12.0 Å². The number of hydrogen-bond acceptors (Lipinski definition) is 3. The highest BCUT2D eigenvalue weighted by Crippen LogP contribution is 2.26. The molecule has 94 valence electrons. The van der Waals surface area contributed by atoms with Crippen molar-refractivity contribution < 1.29 is 23.2 Å². The molecule has 0 saturated carbocycles. The van der Waals surface area contributed by atoms with Gasteiger partial charge < -0.3 is 9.63 Å². The maximum atomic E-state index is 13.6. The van der Waals surface area contributed by atoms with Crippen molar-refractivity contribution in [1.29, 1.82) is 0 Å². The lowest BCUT2D eigenvalue weighted by atomic mass is 10.1. The lowest BCUT2D eigenvalue weighted by Crippen LogP contribution is -1.95. The first-order chi connectivity index (χ1) is 8.52. The molecule has 1 heterocycles. The summed E-state index contributed by atoms with van der Waals surface area (Å²) in [7, 11) is 0. The number of halogens is 2. The van der Waals surface area contributed by atoms with Crippen LogP contribution in [-0.4, -0.2) is 16.2 Å². The normalized spacial score (nSPS) is 10.6. The molecule has 0 bridgehead atoms. The molecule has 0 aliphatic heterocycles. The number of rotatable bonds is 3. The van der Waals surface area contributed by atoms with E-state index in [1.165, 1.54) is 6.07 Å². The Morgan fingerprint density at radius 3 is 2.61 bits per heavy atom. The number of benzene rings is 1. The fourth-order valence-corrected chi connectivity index (χ4v) is 1.56. The Kier molecular flexibility index (Phi) is 3.10. The number of nitrogens with zero attached hydrogens (tertiary/aromatic N) is 1. The minimum Gasteiger partial charge on any atom is -0.476 e. The molecule has 4 nitrogen and oxygen atoms in total. The van der Waals surface area contributed by atoms with Crippen molar-refractivity contribution in [2.45, 2.75) is 13.3 Å². The van der Waals surface area contributed by atoms with Gasteiger partial charge in [-0.15, -0.1) is 0 Å². The van der Waals surface area contributed by atoms with Crippen LogP contribution in [0.5, 0.6) is 0 Å². The van der Waals surface area contributed by atoms with Crippen LogP contribution in [0.25, 0.3) is 11.3 Å². The van der Waals surface area contributed by atoms with Crippen LogP contribution in [0.15, 0.2) is 22.7 Å². The van der Waals surface area contributed by atoms with E-state index >= 15 is 0 Å². The Morgan fingerprint density at radius 2 is 2.06 bits per heavy atom. The molecule has 6 heteroatoms. The first-order valence-electron chi connectivity index (χ1n) is 5.21. The molecule has 0 radical (unpaired) electrons. The second kappa shape index (κ2) is 4.56.